The number of carbonyl (C=O) groups excluding carboxylic acids is 1. The minimum Gasteiger partial charge on any atom is -0.378 e. The van der Waals surface area contributed by atoms with Crippen molar-refractivity contribution in [1.82, 2.24) is 0 Å². The third-order valence-corrected chi connectivity index (χ3v) is 9.28. The summed E-state index contributed by atoms with van der Waals surface area (Å²) >= 11 is 6.19. The van der Waals surface area contributed by atoms with Gasteiger partial charge in [-0.1, -0.05) is 17.5 Å². The number of hydrogen-bond donors (Lipinski definition) is 2. The lowest BCUT2D eigenvalue weighted by atomic mass is 9.78. The first-order valence-electron chi connectivity index (χ1n) is 10.1. The molecule has 0 heterocycles. The molecule has 1 amide bonds. The minimum absolute atomic E-state index is 0.0809. The van der Waals surface area contributed by atoms with Crippen molar-refractivity contribution in [1.29, 1.82) is 0 Å². The summed E-state index contributed by atoms with van der Waals surface area (Å²) in [6.45, 7) is 0. The van der Waals surface area contributed by atoms with E-state index in [1.807, 2.05) is 0 Å². The first-order valence-corrected chi connectivity index (χ1v) is 12.1. The topological polar surface area (TPSA) is 83.5 Å². The van der Waals surface area contributed by atoms with Crippen LogP contribution in [0.2, 0.25) is 5.02 Å². The fraction of sp³-hybridized carbons (Fsp3) is 0.348. The second-order valence-electron chi connectivity index (χ2n) is 8.54. The smallest absolute Gasteiger partial charge is 0.255 e. The van der Waals surface area contributed by atoms with Crippen molar-refractivity contribution >= 4 is 33.0 Å². The average molecular weight is 498 g/mol. The van der Waals surface area contributed by atoms with Crippen LogP contribution in [0.4, 0.5) is 18.9 Å². The second-order valence-corrected chi connectivity index (χ2v) is 11.0. The Hall–Kier alpha value is -2.54. The highest BCUT2D eigenvalue weighted by Crippen LogP contribution is 2.51. The molecule has 2 unspecified atom stereocenters. The third-order valence-electron chi connectivity index (χ3n) is 6.41. The zero-order valence-corrected chi connectivity index (χ0v) is 18.7. The Labute approximate surface area is 193 Å². The summed E-state index contributed by atoms with van der Waals surface area (Å²) in [6, 6.07) is 4.83. The molecule has 2 fully saturated rings. The van der Waals surface area contributed by atoms with Gasteiger partial charge in [-0.05, 0) is 55.7 Å². The molecule has 0 aromatic heterocycles. The third kappa shape index (κ3) is 4.23. The molecule has 2 saturated carbocycles. The van der Waals surface area contributed by atoms with Crippen LogP contribution < -0.4 is 5.32 Å². The molecule has 2 bridgehead atoms. The van der Waals surface area contributed by atoms with Crippen molar-refractivity contribution in [2.75, 3.05) is 5.32 Å². The largest absolute Gasteiger partial charge is 0.378 e. The second kappa shape index (κ2) is 8.35. The highest BCUT2D eigenvalue weighted by Gasteiger charge is 2.54. The summed E-state index contributed by atoms with van der Waals surface area (Å²) in [5.41, 5.74) is -1.80. The van der Waals surface area contributed by atoms with Crippen molar-refractivity contribution in [3.8, 4) is 12.3 Å². The lowest BCUT2D eigenvalue weighted by Gasteiger charge is -2.38. The highest BCUT2D eigenvalue weighted by atomic mass is 35.5. The zero-order valence-electron chi connectivity index (χ0n) is 17.1. The van der Waals surface area contributed by atoms with Crippen LogP contribution >= 0.6 is 11.6 Å². The van der Waals surface area contributed by atoms with E-state index in [1.54, 1.807) is 0 Å². The average Bonchev–Trinajstić information content (AvgIpc) is 3.05. The van der Waals surface area contributed by atoms with Crippen molar-refractivity contribution < 1.29 is 31.5 Å². The van der Waals surface area contributed by atoms with Crippen LogP contribution in [0.25, 0.3) is 0 Å². The van der Waals surface area contributed by atoms with Gasteiger partial charge in [-0.2, -0.15) is 0 Å². The summed E-state index contributed by atoms with van der Waals surface area (Å²) in [6.07, 6.45) is 6.94. The molecule has 2 aliphatic rings. The number of anilines is 1. The van der Waals surface area contributed by atoms with Gasteiger partial charge in [0.1, 0.15) is 5.60 Å². The molecular formula is C23H19ClF3NO4S. The Bertz CT molecular complexity index is 1250. The number of fused-ring (bicyclic) bond motifs is 2. The Morgan fingerprint density at radius 2 is 1.70 bits per heavy atom. The molecule has 0 radical (unpaired) electrons. The van der Waals surface area contributed by atoms with Crippen LogP contribution in [0, 0.1) is 41.6 Å². The van der Waals surface area contributed by atoms with E-state index in [4.69, 9.17) is 18.0 Å². The lowest BCUT2D eigenvalue weighted by Crippen LogP contribution is -2.45. The molecule has 2 atom stereocenters. The highest BCUT2D eigenvalue weighted by molar-refractivity contribution is 7.92. The molecule has 33 heavy (non-hydrogen) atoms. The Morgan fingerprint density at radius 1 is 1.12 bits per heavy atom. The maximum atomic E-state index is 13.5. The predicted molar refractivity (Wildman–Crippen MR) is 116 cm³/mol. The minimum atomic E-state index is -4.00. The van der Waals surface area contributed by atoms with Gasteiger partial charge in [-0.25, -0.2) is 21.6 Å². The number of hydrogen-bond acceptors (Lipinski definition) is 4. The Morgan fingerprint density at radius 3 is 2.24 bits per heavy atom. The van der Waals surface area contributed by atoms with Crippen molar-refractivity contribution in [2.45, 2.75) is 41.4 Å². The van der Waals surface area contributed by atoms with E-state index in [2.05, 4.69) is 11.2 Å². The van der Waals surface area contributed by atoms with E-state index < -0.39 is 44.0 Å². The molecule has 2 N–H and O–H groups in total. The van der Waals surface area contributed by atoms with E-state index in [0.717, 1.165) is 6.07 Å². The number of aliphatic hydroxyl groups is 1. The van der Waals surface area contributed by atoms with E-state index in [1.165, 1.54) is 12.1 Å². The van der Waals surface area contributed by atoms with Gasteiger partial charge in [0.25, 0.3) is 5.91 Å². The fourth-order valence-corrected chi connectivity index (χ4v) is 7.84. The van der Waals surface area contributed by atoms with E-state index >= 15 is 0 Å². The van der Waals surface area contributed by atoms with Gasteiger partial charge >= 0.3 is 0 Å². The van der Waals surface area contributed by atoms with Gasteiger partial charge in [0.05, 0.1) is 15.2 Å². The van der Waals surface area contributed by atoms with Crippen LogP contribution in [0.3, 0.4) is 0 Å². The number of halogens is 4. The predicted octanol–water partition coefficient (Wildman–Crippen LogP) is 4.34. The molecular weight excluding hydrogens is 479 g/mol. The van der Waals surface area contributed by atoms with Crippen molar-refractivity contribution in [2.24, 2.45) is 11.8 Å². The van der Waals surface area contributed by atoms with Gasteiger partial charge < -0.3 is 10.4 Å². The molecule has 5 nitrogen and oxygen atoms in total. The number of benzene rings is 2. The number of amides is 1. The van der Waals surface area contributed by atoms with E-state index in [9.17, 15) is 31.5 Å². The van der Waals surface area contributed by atoms with Crippen LogP contribution in [-0.2, 0) is 9.84 Å². The number of terminal acetylenes is 1. The van der Waals surface area contributed by atoms with Crippen LogP contribution in [-0.4, -0.2) is 30.3 Å². The number of rotatable bonds is 4. The van der Waals surface area contributed by atoms with Crippen molar-refractivity contribution in [3.05, 3.63) is 58.4 Å². The molecule has 10 heteroatoms. The number of nitrogens with one attached hydrogen (secondary N) is 1. The summed E-state index contributed by atoms with van der Waals surface area (Å²) in [5, 5.41) is 11.8. The molecule has 0 saturated heterocycles. The van der Waals surface area contributed by atoms with Gasteiger partial charge in [0.15, 0.2) is 27.3 Å². The molecule has 2 aliphatic carbocycles. The summed E-state index contributed by atoms with van der Waals surface area (Å²) < 4.78 is 67.1. The molecule has 2 aromatic rings. The maximum absolute atomic E-state index is 13.5. The van der Waals surface area contributed by atoms with E-state index in [0.29, 0.717) is 25.0 Å². The van der Waals surface area contributed by atoms with Crippen molar-refractivity contribution in [3.63, 3.8) is 0 Å². The van der Waals surface area contributed by atoms with Crippen LogP contribution in [0.15, 0.2) is 35.2 Å². The molecule has 0 spiro atoms. The monoisotopic (exact) mass is 497 g/mol. The summed E-state index contributed by atoms with van der Waals surface area (Å²) in [4.78, 5) is 12.4. The van der Waals surface area contributed by atoms with Gasteiger partial charge in [-0.3, -0.25) is 4.79 Å². The molecule has 0 aliphatic heterocycles. The summed E-state index contributed by atoms with van der Waals surface area (Å²) in [7, 11) is -4.00. The fourth-order valence-electron chi connectivity index (χ4n) is 4.99. The quantitative estimate of drug-likeness (QED) is 0.486. The van der Waals surface area contributed by atoms with Crippen LogP contribution in [0.5, 0.6) is 0 Å². The van der Waals surface area contributed by atoms with Crippen LogP contribution in [0.1, 0.15) is 36.0 Å². The summed E-state index contributed by atoms with van der Waals surface area (Å²) in [5.74, 6) is -3.84. The Balaban J connectivity index is 1.64. The zero-order chi connectivity index (χ0) is 24.1. The SMILES string of the molecule is C#CC1(O)CC2CCC(C1)C2S(=O)(=O)c1cc(C(=O)Nc2cc(F)c(F)c(F)c2)ccc1Cl. The number of sulfone groups is 1. The molecule has 2 aromatic carbocycles. The molecule has 174 valence electrons. The van der Waals surface area contributed by atoms with Gasteiger partial charge in [0.2, 0.25) is 0 Å². The lowest BCUT2D eigenvalue weighted by molar-refractivity contribution is 0.0342. The maximum Gasteiger partial charge on any atom is 0.255 e. The van der Waals surface area contributed by atoms with E-state index in [-0.39, 0.29) is 45.8 Å². The number of carbonyl (C=O) groups is 1. The first kappa shape index (κ1) is 23.6. The Kier molecular flexibility index (Phi) is 5.97. The van der Waals surface area contributed by atoms with Gasteiger partial charge in [-0.15, -0.1) is 6.42 Å². The normalized spacial score (nSPS) is 26.6. The standard InChI is InChI=1S/C23H19ClF3NO4S/c1-2-23(30)10-13-3-4-14(11-23)21(13)33(31,32)19-7-12(5-6-16(19)24)22(29)28-15-8-17(25)20(27)18(26)9-15/h1,5-9,13-14,21,30H,3-4,10-11H2,(H,28,29). The first-order chi connectivity index (χ1) is 15.4. The van der Waals surface area contributed by atoms with Gasteiger partial charge in [0, 0.05) is 23.4 Å². The molecule has 4 rings (SSSR count).